The Balaban J connectivity index is 1.37. The van der Waals surface area contributed by atoms with Crippen molar-refractivity contribution >= 4 is 22.7 Å². The molecule has 1 aromatic carbocycles. The van der Waals surface area contributed by atoms with Crippen LogP contribution in [0.5, 0.6) is 5.75 Å². The van der Waals surface area contributed by atoms with Gasteiger partial charge in [-0.15, -0.1) is 0 Å². The molecule has 0 bridgehead atoms. The molecule has 8 nitrogen and oxygen atoms in total. The number of hydrogen-bond acceptors (Lipinski definition) is 7. The minimum absolute atomic E-state index is 0.00157. The van der Waals surface area contributed by atoms with Crippen molar-refractivity contribution in [1.82, 2.24) is 19.7 Å². The Kier molecular flexibility index (Phi) is 5.28. The first kappa shape index (κ1) is 21.5. The second kappa shape index (κ2) is 7.88. The zero-order chi connectivity index (χ0) is 22.6. The Morgan fingerprint density at radius 2 is 2.09 bits per heavy atom. The number of thioether (sulfide) groups is 1. The van der Waals surface area contributed by atoms with Gasteiger partial charge in [0.1, 0.15) is 17.1 Å². The Hall–Kier alpha value is -2.39. The first-order valence-electron chi connectivity index (χ1n) is 11.2. The molecule has 0 saturated carbocycles. The van der Waals surface area contributed by atoms with Gasteiger partial charge in [0.05, 0.1) is 18.2 Å². The average Bonchev–Trinajstić information content (AvgIpc) is 3.30. The second-order valence-corrected chi connectivity index (χ2v) is 10.9. The third kappa shape index (κ3) is 3.71. The molecule has 32 heavy (non-hydrogen) atoms. The zero-order valence-corrected chi connectivity index (χ0v) is 19.8. The molecule has 5 rings (SSSR count). The Labute approximate surface area is 192 Å². The third-order valence-electron chi connectivity index (χ3n) is 6.33. The number of hydrogen-bond donors (Lipinski definition) is 1. The van der Waals surface area contributed by atoms with E-state index in [1.165, 1.54) is 5.56 Å². The molecule has 2 N–H and O–H groups in total. The van der Waals surface area contributed by atoms with Crippen LogP contribution in [-0.2, 0) is 4.79 Å². The van der Waals surface area contributed by atoms with Gasteiger partial charge in [-0.25, -0.2) is 9.67 Å². The highest BCUT2D eigenvalue weighted by Gasteiger charge is 2.40. The molecular formula is C23H30N6O2S. The second-order valence-electron chi connectivity index (χ2n) is 9.72. The first-order valence-corrected chi connectivity index (χ1v) is 12.1. The van der Waals surface area contributed by atoms with Gasteiger partial charge in [0.25, 0.3) is 0 Å². The van der Waals surface area contributed by atoms with Crippen molar-refractivity contribution in [1.29, 1.82) is 0 Å². The summed E-state index contributed by atoms with van der Waals surface area (Å²) >= 11 is 1.78. The number of amides is 1. The number of nitrogens with zero attached hydrogens (tertiary/aromatic N) is 5. The van der Waals surface area contributed by atoms with Crippen LogP contribution < -0.4 is 10.5 Å². The summed E-state index contributed by atoms with van der Waals surface area (Å²) in [4.78, 5) is 23.8. The summed E-state index contributed by atoms with van der Waals surface area (Å²) < 4.78 is 8.08. The molecule has 0 aliphatic carbocycles. The minimum Gasteiger partial charge on any atom is -0.493 e. The van der Waals surface area contributed by atoms with Crippen molar-refractivity contribution in [3.05, 3.63) is 41.5 Å². The van der Waals surface area contributed by atoms with Gasteiger partial charge < -0.3 is 15.4 Å². The Morgan fingerprint density at radius 1 is 1.31 bits per heavy atom. The predicted molar refractivity (Wildman–Crippen MR) is 125 cm³/mol. The van der Waals surface area contributed by atoms with E-state index in [0.717, 1.165) is 28.6 Å². The number of benzene rings is 1. The number of nitrogens with two attached hydrogens (primary N) is 1. The van der Waals surface area contributed by atoms with Gasteiger partial charge in [0.15, 0.2) is 5.82 Å². The number of aliphatic imine (C=N–C) groups is 1. The normalized spacial score (nSPS) is 23.2. The highest BCUT2D eigenvalue weighted by Crippen LogP contribution is 2.46. The van der Waals surface area contributed by atoms with Crippen LogP contribution in [0.15, 0.2) is 29.5 Å². The summed E-state index contributed by atoms with van der Waals surface area (Å²) in [5.74, 6) is 2.08. The van der Waals surface area contributed by atoms with Crippen molar-refractivity contribution in [3.63, 3.8) is 0 Å². The summed E-state index contributed by atoms with van der Waals surface area (Å²) in [6.07, 6.45) is 2.54. The van der Waals surface area contributed by atoms with Gasteiger partial charge in [-0.2, -0.15) is 5.10 Å². The zero-order valence-electron chi connectivity index (χ0n) is 19.0. The summed E-state index contributed by atoms with van der Waals surface area (Å²) in [5.41, 5.74) is 7.47. The molecule has 0 radical (unpaired) electrons. The number of aromatic nitrogens is 3. The fourth-order valence-electron chi connectivity index (χ4n) is 4.55. The van der Waals surface area contributed by atoms with Crippen LogP contribution in [0.1, 0.15) is 69.1 Å². The Morgan fingerprint density at radius 3 is 2.81 bits per heavy atom. The van der Waals surface area contributed by atoms with Crippen LogP contribution in [0.25, 0.3) is 0 Å². The number of rotatable bonds is 4. The largest absolute Gasteiger partial charge is 0.493 e. The van der Waals surface area contributed by atoms with Crippen LogP contribution in [0.4, 0.5) is 0 Å². The topological polar surface area (TPSA) is 98.6 Å². The number of ether oxygens (including phenoxy) is 1. The van der Waals surface area contributed by atoms with E-state index < -0.39 is 5.54 Å². The van der Waals surface area contributed by atoms with Gasteiger partial charge in [-0.1, -0.05) is 23.9 Å². The lowest BCUT2D eigenvalue weighted by atomic mass is 9.88. The van der Waals surface area contributed by atoms with Crippen molar-refractivity contribution < 1.29 is 9.53 Å². The van der Waals surface area contributed by atoms with Crippen molar-refractivity contribution in [3.8, 4) is 5.75 Å². The number of likely N-dealkylation sites (tertiary alicyclic amines) is 1. The first-order chi connectivity index (χ1) is 15.2. The maximum Gasteiger partial charge on any atom is 0.242 e. The lowest BCUT2D eigenvalue weighted by molar-refractivity contribution is -0.140. The quantitative estimate of drug-likeness (QED) is 0.763. The van der Waals surface area contributed by atoms with E-state index in [4.69, 9.17) is 15.5 Å². The maximum atomic E-state index is 12.4. The molecule has 170 valence electrons. The highest BCUT2D eigenvalue weighted by atomic mass is 32.2. The van der Waals surface area contributed by atoms with E-state index in [1.54, 1.807) is 31.9 Å². The van der Waals surface area contributed by atoms with Crippen LogP contribution >= 0.6 is 11.8 Å². The van der Waals surface area contributed by atoms with E-state index in [-0.39, 0.29) is 18.0 Å². The molecular weight excluding hydrogens is 424 g/mol. The molecule has 2 aromatic rings. The fraction of sp³-hybridized carbons (Fsp3) is 0.565. The van der Waals surface area contributed by atoms with Crippen LogP contribution in [0.2, 0.25) is 0 Å². The van der Waals surface area contributed by atoms with Gasteiger partial charge >= 0.3 is 0 Å². The third-order valence-corrected chi connectivity index (χ3v) is 7.64. The van der Waals surface area contributed by atoms with Gasteiger partial charge in [0.2, 0.25) is 5.91 Å². The van der Waals surface area contributed by atoms with E-state index in [9.17, 15) is 4.79 Å². The van der Waals surface area contributed by atoms with E-state index in [1.807, 2.05) is 9.58 Å². The SMILES string of the molecule is CC(C)n1ncnc1C1=NC2c3ccc(C4CN(C(=O)C(C)(C)N)C4)cc3OCCC2S1. The fourth-order valence-corrected chi connectivity index (χ4v) is 5.81. The van der Waals surface area contributed by atoms with E-state index >= 15 is 0 Å². The van der Waals surface area contributed by atoms with Crippen LogP contribution in [-0.4, -0.2) is 61.1 Å². The van der Waals surface area contributed by atoms with Crippen molar-refractivity contribution in [2.75, 3.05) is 19.7 Å². The summed E-state index contributed by atoms with van der Waals surface area (Å²) in [5, 5.41) is 5.66. The molecule has 4 heterocycles. The molecule has 3 aliphatic heterocycles. The Bertz CT molecular complexity index is 1070. The molecule has 1 saturated heterocycles. The summed E-state index contributed by atoms with van der Waals surface area (Å²) in [7, 11) is 0. The molecule has 1 amide bonds. The molecule has 3 aliphatic rings. The lowest BCUT2D eigenvalue weighted by Crippen LogP contribution is -2.58. The van der Waals surface area contributed by atoms with Gasteiger partial charge in [0, 0.05) is 35.9 Å². The van der Waals surface area contributed by atoms with Gasteiger partial charge in [-0.3, -0.25) is 9.79 Å². The predicted octanol–water partition coefficient (Wildman–Crippen LogP) is 2.91. The van der Waals surface area contributed by atoms with Crippen LogP contribution in [0.3, 0.4) is 0 Å². The molecule has 1 aromatic heterocycles. The number of carbonyl (C=O) groups excluding carboxylic acids is 1. The monoisotopic (exact) mass is 454 g/mol. The van der Waals surface area contributed by atoms with Gasteiger partial charge in [-0.05, 0) is 45.7 Å². The molecule has 2 unspecified atom stereocenters. The van der Waals surface area contributed by atoms with Crippen LogP contribution in [0, 0.1) is 0 Å². The number of fused-ring (bicyclic) bond motifs is 3. The standard InChI is InChI=1S/C23H30N6O2S/c1-13(2)29-20(25-12-26-29)21-27-19-16-6-5-14(9-17(16)31-8-7-18(19)32-21)15-10-28(11-15)22(30)23(3,4)24/h5-6,9,12-13,15,18-19H,7-8,10-11,24H2,1-4H3. The summed E-state index contributed by atoms with van der Waals surface area (Å²) in [6, 6.07) is 6.76. The maximum absolute atomic E-state index is 12.4. The average molecular weight is 455 g/mol. The highest BCUT2D eigenvalue weighted by molar-refractivity contribution is 8.15. The lowest BCUT2D eigenvalue weighted by Gasteiger charge is -2.42. The smallest absolute Gasteiger partial charge is 0.242 e. The summed E-state index contributed by atoms with van der Waals surface area (Å²) in [6.45, 7) is 9.79. The molecule has 9 heteroatoms. The van der Waals surface area contributed by atoms with E-state index in [0.29, 0.717) is 30.9 Å². The minimum atomic E-state index is -0.827. The van der Waals surface area contributed by atoms with Crippen molar-refractivity contribution in [2.24, 2.45) is 10.7 Å². The molecule has 2 atom stereocenters. The van der Waals surface area contributed by atoms with E-state index in [2.05, 4.69) is 42.1 Å². The number of carbonyl (C=O) groups is 1. The molecule has 1 fully saturated rings. The van der Waals surface area contributed by atoms with Crippen molar-refractivity contribution in [2.45, 2.75) is 62.9 Å². The molecule has 0 spiro atoms.